The van der Waals surface area contributed by atoms with Crippen LogP contribution in [0.25, 0.3) is 16.5 Å². The summed E-state index contributed by atoms with van der Waals surface area (Å²) in [5.41, 5.74) is 3.99. The van der Waals surface area contributed by atoms with E-state index in [-0.39, 0.29) is 22.2 Å². The van der Waals surface area contributed by atoms with Crippen LogP contribution in [-0.2, 0) is 6.54 Å². The molecule has 0 radical (unpaired) electrons. The molecule has 0 atom stereocenters. The van der Waals surface area contributed by atoms with E-state index < -0.39 is 5.91 Å². The van der Waals surface area contributed by atoms with Crippen LogP contribution >= 0.6 is 11.6 Å². The molecule has 4 rings (SSSR count). The normalized spacial score (nSPS) is 11.4. The number of aryl methyl sites for hydroxylation is 2. The van der Waals surface area contributed by atoms with Crippen LogP contribution in [0.2, 0.25) is 5.15 Å². The van der Waals surface area contributed by atoms with Gasteiger partial charge in [-0.05, 0) is 43.7 Å². The molecule has 2 aromatic carbocycles. The number of fused-ring (bicyclic) bond motifs is 1. The van der Waals surface area contributed by atoms with Gasteiger partial charge in [-0.2, -0.15) is 15.3 Å². The van der Waals surface area contributed by atoms with Gasteiger partial charge in [-0.25, -0.2) is 19.2 Å². The lowest BCUT2D eigenvalue weighted by Crippen LogP contribution is -2.29. The zero-order valence-electron chi connectivity index (χ0n) is 18.6. The molecule has 1 N–H and O–H groups in total. The number of unbranched alkanes of at least 4 members (excludes halogenated alkanes) is 1. The maximum Gasteiger partial charge on any atom is 0.292 e. The Morgan fingerprint density at radius 2 is 1.85 bits per heavy atom. The average Bonchev–Trinajstić information content (AvgIpc) is 3.12. The third-order valence-electron chi connectivity index (χ3n) is 5.29. The molecule has 8 nitrogen and oxygen atoms in total. The van der Waals surface area contributed by atoms with Gasteiger partial charge in [0, 0.05) is 11.9 Å². The zero-order chi connectivity index (χ0) is 24.2. The van der Waals surface area contributed by atoms with Gasteiger partial charge in [0.25, 0.3) is 11.5 Å². The van der Waals surface area contributed by atoms with Crippen LogP contribution in [0.3, 0.4) is 0 Å². The van der Waals surface area contributed by atoms with E-state index in [1.807, 2.05) is 6.92 Å². The highest BCUT2D eigenvalue weighted by atomic mass is 35.5. The number of halogens is 2. The molecule has 0 aliphatic carbocycles. The summed E-state index contributed by atoms with van der Waals surface area (Å²) in [6.07, 6.45) is 3.04. The van der Waals surface area contributed by atoms with Crippen LogP contribution in [0.5, 0.6) is 0 Å². The smallest absolute Gasteiger partial charge is 0.267 e. The van der Waals surface area contributed by atoms with Gasteiger partial charge < -0.3 is 0 Å². The van der Waals surface area contributed by atoms with E-state index in [9.17, 15) is 14.0 Å². The van der Waals surface area contributed by atoms with Gasteiger partial charge in [0.1, 0.15) is 11.0 Å². The molecule has 2 aromatic heterocycles. The summed E-state index contributed by atoms with van der Waals surface area (Å²) in [4.78, 5) is 25.6. The number of carbonyl (C=O) groups excluding carboxylic acids is 1. The fraction of sp³-hybridized carbons (Fsp3) is 0.208. The summed E-state index contributed by atoms with van der Waals surface area (Å²) in [7, 11) is 0. The Morgan fingerprint density at radius 1 is 1.15 bits per heavy atom. The van der Waals surface area contributed by atoms with Crippen molar-refractivity contribution >= 4 is 34.5 Å². The number of rotatable bonds is 7. The summed E-state index contributed by atoms with van der Waals surface area (Å²) >= 11 is 6.45. The van der Waals surface area contributed by atoms with Crippen LogP contribution in [-0.4, -0.2) is 31.7 Å². The number of nitrogens with one attached hydrogen (secondary N) is 1. The van der Waals surface area contributed by atoms with Gasteiger partial charge in [0.15, 0.2) is 5.69 Å². The highest BCUT2D eigenvalue weighted by Crippen LogP contribution is 2.22. The number of aromatic nitrogens is 4. The number of hydrogen-bond donors (Lipinski definition) is 1. The maximum atomic E-state index is 13.2. The van der Waals surface area contributed by atoms with Crippen molar-refractivity contribution < 1.29 is 9.18 Å². The third-order valence-corrected chi connectivity index (χ3v) is 5.65. The van der Waals surface area contributed by atoms with Crippen molar-refractivity contribution in [3.8, 4) is 5.69 Å². The summed E-state index contributed by atoms with van der Waals surface area (Å²) in [5.74, 6) is -0.923. The lowest BCUT2D eigenvalue weighted by atomic mass is 10.1. The number of hydrazone groups is 1. The standard InChI is InChI=1S/C24H22ClFN6O2/c1-3-4-13-31-24(34)19-8-6-5-7-18(19)21(30-31)23(33)28-27-14-20-15(2)29-32(22(20)25)17-11-9-16(26)10-12-17/h5-12,14H,3-4,13H2,1-2H3,(H,28,33)/b27-14+. The van der Waals surface area contributed by atoms with Crippen LogP contribution in [0, 0.1) is 12.7 Å². The minimum atomic E-state index is -0.558. The molecular formula is C24H22ClFN6O2. The van der Waals surface area contributed by atoms with Crippen molar-refractivity contribution in [3.63, 3.8) is 0 Å². The Bertz CT molecular complexity index is 1440. The molecule has 0 bridgehead atoms. The van der Waals surface area contributed by atoms with Crippen LogP contribution in [0.4, 0.5) is 4.39 Å². The zero-order valence-corrected chi connectivity index (χ0v) is 19.4. The molecule has 4 aromatic rings. The van der Waals surface area contributed by atoms with Gasteiger partial charge in [0.2, 0.25) is 0 Å². The van der Waals surface area contributed by atoms with Crippen molar-refractivity contribution in [2.45, 2.75) is 33.2 Å². The minimum absolute atomic E-state index is 0.105. The first-order chi connectivity index (χ1) is 16.4. The Balaban J connectivity index is 1.61. The van der Waals surface area contributed by atoms with E-state index >= 15 is 0 Å². The molecule has 0 spiro atoms. The highest BCUT2D eigenvalue weighted by molar-refractivity contribution is 6.32. The van der Waals surface area contributed by atoms with Crippen LogP contribution in [0.15, 0.2) is 58.4 Å². The van der Waals surface area contributed by atoms with Crippen molar-refractivity contribution in [1.29, 1.82) is 0 Å². The number of benzene rings is 2. The van der Waals surface area contributed by atoms with Gasteiger partial charge in [-0.3, -0.25) is 9.59 Å². The molecule has 0 saturated carbocycles. The molecule has 0 aliphatic heterocycles. The molecule has 1 amide bonds. The van der Waals surface area contributed by atoms with E-state index in [4.69, 9.17) is 11.6 Å². The number of nitrogens with zero attached hydrogens (tertiary/aromatic N) is 5. The molecule has 0 unspecified atom stereocenters. The average molecular weight is 481 g/mol. The first-order valence-corrected chi connectivity index (χ1v) is 11.1. The van der Waals surface area contributed by atoms with Crippen LogP contribution in [0.1, 0.15) is 41.5 Å². The predicted molar refractivity (Wildman–Crippen MR) is 129 cm³/mol. The molecule has 174 valence electrons. The second-order valence-corrected chi connectivity index (χ2v) is 8.01. The van der Waals surface area contributed by atoms with Crippen molar-refractivity contribution in [2.24, 2.45) is 5.10 Å². The highest BCUT2D eigenvalue weighted by Gasteiger charge is 2.17. The van der Waals surface area contributed by atoms with Gasteiger partial charge in [-0.1, -0.05) is 43.1 Å². The quantitative estimate of drug-likeness (QED) is 0.316. The second kappa shape index (κ2) is 9.96. The van der Waals surface area contributed by atoms with E-state index in [1.54, 1.807) is 43.3 Å². The number of hydrogen-bond acceptors (Lipinski definition) is 5. The largest absolute Gasteiger partial charge is 0.292 e. The third kappa shape index (κ3) is 4.60. The Kier molecular flexibility index (Phi) is 6.83. The first-order valence-electron chi connectivity index (χ1n) is 10.7. The van der Waals surface area contributed by atoms with Crippen LogP contribution < -0.4 is 11.0 Å². The van der Waals surface area contributed by atoms with Gasteiger partial charge >= 0.3 is 0 Å². The summed E-state index contributed by atoms with van der Waals surface area (Å²) in [5, 5.41) is 13.8. The van der Waals surface area contributed by atoms with E-state index in [0.717, 1.165) is 12.8 Å². The van der Waals surface area contributed by atoms with Crippen molar-refractivity contribution in [2.75, 3.05) is 0 Å². The Labute approximate surface area is 199 Å². The fourth-order valence-corrected chi connectivity index (χ4v) is 3.80. The first kappa shape index (κ1) is 23.3. The molecule has 2 heterocycles. The summed E-state index contributed by atoms with van der Waals surface area (Å²) in [6, 6.07) is 12.6. The second-order valence-electron chi connectivity index (χ2n) is 7.65. The number of amides is 1. The fourth-order valence-electron chi connectivity index (χ4n) is 3.48. The molecule has 10 heteroatoms. The van der Waals surface area contributed by atoms with Crippen molar-refractivity contribution in [3.05, 3.63) is 86.8 Å². The summed E-state index contributed by atoms with van der Waals surface area (Å²) in [6.45, 7) is 4.18. The Morgan fingerprint density at radius 3 is 2.56 bits per heavy atom. The predicted octanol–water partition coefficient (Wildman–Crippen LogP) is 4.25. The maximum absolute atomic E-state index is 13.2. The number of carbonyl (C=O) groups is 1. The molecule has 34 heavy (non-hydrogen) atoms. The molecule has 0 fully saturated rings. The van der Waals surface area contributed by atoms with Gasteiger partial charge in [-0.15, -0.1) is 0 Å². The minimum Gasteiger partial charge on any atom is -0.267 e. The molecule has 0 saturated heterocycles. The SMILES string of the molecule is CCCCn1nc(C(=O)N/N=C/c2c(C)nn(-c3ccc(F)cc3)c2Cl)c2ccccc2c1=O. The summed E-state index contributed by atoms with van der Waals surface area (Å²) < 4.78 is 16.0. The van der Waals surface area contributed by atoms with E-state index in [1.165, 1.54) is 27.7 Å². The monoisotopic (exact) mass is 480 g/mol. The lowest BCUT2D eigenvalue weighted by Gasteiger charge is -2.09. The molecule has 0 aliphatic rings. The van der Waals surface area contributed by atoms with E-state index in [0.29, 0.717) is 34.3 Å². The topological polar surface area (TPSA) is 94.2 Å². The molecular weight excluding hydrogens is 459 g/mol. The van der Waals surface area contributed by atoms with Gasteiger partial charge in [0.05, 0.1) is 28.5 Å². The Hall–Kier alpha value is -3.85. The lowest BCUT2D eigenvalue weighted by molar-refractivity contribution is 0.0949. The van der Waals surface area contributed by atoms with Crippen molar-refractivity contribution in [1.82, 2.24) is 25.0 Å². The van der Waals surface area contributed by atoms with E-state index in [2.05, 4.69) is 20.7 Å².